The van der Waals surface area contributed by atoms with Crippen LogP contribution in [0.3, 0.4) is 0 Å². The standard InChI is InChI=1S/C15H11ClF3N3O2S.C15H11ClF3N3OS/c16-11-8-21-14(22-9-11)24-12-4-1-3-10(7-20)13(12)25(23)6-2-5-15(17,18)19;16-11-8-21-14(22-9-11)23-12-4-1-3-10(7-20)13(12)24-6-2-5-15(17,18)19/h1,3-4,8-9H,2,5-6H2;1,3-4,8-9H,2,5-6H2. The van der Waals surface area contributed by atoms with Crippen LogP contribution < -0.4 is 9.47 Å². The van der Waals surface area contributed by atoms with Crippen LogP contribution in [0.1, 0.15) is 36.8 Å². The molecular weight excluding hydrogens is 741 g/mol. The molecule has 0 amide bonds. The Morgan fingerprint density at radius 2 is 1.20 bits per heavy atom. The molecule has 0 saturated heterocycles. The summed E-state index contributed by atoms with van der Waals surface area (Å²) in [4.78, 5) is 15.9. The molecule has 0 radical (unpaired) electrons. The number of halogens is 8. The van der Waals surface area contributed by atoms with Crippen LogP contribution in [0, 0.1) is 22.7 Å². The highest BCUT2D eigenvalue weighted by Crippen LogP contribution is 2.36. The Balaban J connectivity index is 0.000000266. The molecule has 0 aliphatic rings. The number of thioether (sulfide) groups is 1. The van der Waals surface area contributed by atoms with E-state index in [1.165, 1.54) is 43.0 Å². The van der Waals surface area contributed by atoms with E-state index in [4.69, 9.17) is 32.7 Å². The predicted molar refractivity (Wildman–Crippen MR) is 169 cm³/mol. The fraction of sp³-hybridized carbons (Fsp3) is 0.267. The summed E-state index contributed by atoms with van der Waals surface area (Å²) in [7, 11) is -1.85. The molecular formula is C30H22Cl2F6N6O3S2. The van der Waals surface area contributed by atoms with E-state index in [1.807, 2.05) is 12.1 Å². The first-order chi connectivity index (χ1) is 23.2. The van der Waals surface area contributed by atoms with Crippen LogP contribution in [0.2, 0.25) is 10.0 Å². The van der Waals surface area contributed by atoms with Gasteiger partial charge in [-0.25, -0.2) is 19.9 Å². The summed E-state index contributed by atoms with van der Waals surface area (Å²) in [5, 5.41) is 19.0. The third kappa shape index (κ3) is 13.7. The number of nitrogens with zero attached hydrogens (tertiary/aromatic N) is 6. The average Bonchev–Trinajstić information content (AvgIpc) is 3.04. The summed E-state index contributed by atoms with van der Waals surface area (Å²) >= 11 is 12.5. The molecule has 2 heterocycles. The van der Waals surface area contributed by atoms with Crippen LogP contribution in [0.15, 0.2) is 71.0 Å². The van der Waals surface area contributed by atoms with Crippen molar-refractivity contribution in [3.05, 3.63) is 82.4 Å². The lowest BCUT2D eigenvalue weighted by molar-refractivity contribution is -0.135. The molecule has 0 aliphatic heterocycles. The highest BCUT2D eigenvalue weighted by Gasteiger charge is 2.28. The van der Waals surface area contributed by atoms with Crippen molar-refractivity contribution in [1.29, 1.82) is 10.5 Å². The van der Waals surface area contributed by atoms with Gasteiger partial charge in [-0.05, 0) is 42.9 Å². The third-order valence-corrected chi connectivity index (χ3v) is 8.79. The van der Waals surface area contributed by atoms with Crippen molar-refractivity contribution in [3.8, 4) is 35.7 Å². The van der Waals surface area contributed by atoms with E-state index in [1.54, 1.807) is 18.2 Å². The quantitative estimate of drug-likeness (QED) is 0.0780. The number of aromatic nitrogens is 4. The van der Waals surface area contributed by atoms with E-state index < -0.39 is 36.0 Å². The van der Waals surface area contributed by atoms with Gasteiger partial charge >= 0.3 is 24.4 Å². The molecule has 4 aromatic rings. The number of hydrogen-bond donors (Lipinski definition) is 0. The Morgan fingerprint density at radius 1 is 0.735 bits per heavy atom. The highest BCUT2D eigenvalue weighted by molar-refractivity contribution is 7.99. The summed E-state index contributed by atoms with van der Waals surface area (Å²) in [6.45, 7) is 0. The van der Waals surface area contributed by atoms with Crippen molar-refractivity contribution in [2.75, 3.05) is 11.5 Å². The lowest BCUT2D eigenvalue weighted by Crippen LogP contribution is -2.10. The summed E-state index contributed by atoms with van der Waals surface area (Å²) in [6.07, 6.45) is -5.52. The molecule has 0 N–H and O–H groups in total. The largest absolute Gasteiger partial charge is 0.423 e. The molecule has 0 aliphatic carbocycles. The molecule has 0 saturated carbocycles. The van der Waals surface area contributed by atoms with Gasteiger partial charge in [-0.15, -0.1) is 11.8 Å². The first-order valence-corrected chi connectivity index (χ1v) is 16.8. The van der Waals surface area contributed by atoms with Crippen molar-refractivity contribution in [2.45, 2.75) is 47.8 Å². The fourth-order valence-corrected chi connectivity index (χ4v) is 6.12. The van der Waals surface area contributed by atoms with Gasteiger partial charge in [0.05, 0.1) is 66.6 Å². The number of alkyl halides is 6. The lowest BCUT2D eigenvalue weighted by atomic mass is 10.2. The van der Waals surface area contributed by atoms with E-state index >= 15 is 0 Å². The van der Waals surface area contributed by atoms with Crippen LogP contribution in [0.25, 0.3) is 0 Å². The molecule has 2 aromatic carbocycles. The molecule has 49 heavy (non-hydrogen) atoms. The van der Waals surface area contributed by atoms with Gasteiger partial charge in [-0.1, -0.05) is 35.3 Å². The van der Waals surface area contributed by atoms with Gasteiger partial charge in [-0.3, -0.25) is 4.21 Å². The Bertz CT molecular complexity index is 1800. The predicted octanol–water partition coefficient (Wildman–Crippen LogP) is 9.47. The van der Waals surface area contributed by atoms with E-state index in [-0.39, 0.29) is 57.6 Å². The Labute approximate surface area is 292 Å². The van der Waals surface area contributed by atoms with Crippen LogP contribution in [-0.2, 0) is 10.8 Å². The van der Waals surface area contributed by atoms with Crippen LogP contribution in [-0.4, -0.2) is 48.0 Å². The second kappa shape index (κ2) is 18.6. The van der Waals surface area contributed by atoms with Crippen molar-refractivity contribution in [3.63, 3.8) is 0 Å². The lowest BCUT2D eigenvalue weighted by Gasteiger charge is -2.11. The van der Waals surface area contributed by atoms with Gasteiger partial charge in [0, 0.05) is 18.6 Å². The minimum absolute atomic E-state index is 0.0192. The molecule has 4 rings (SSSR count). The summed E-state index contributed by atoms with van der Waals surface area (Å²) in [6, 6.07) is 12.9. The average molecular weight is 764 g/mol. The smallest absolute Gasteiger partial charge is 0.389 e. The second-order valence-corrected chi connectivity index (χ2v) is 12.9. The zero-order valence-corrected chi connectivity index (χ0v) is 27.9. The van der Waals surface area contributed by atoms with Gasteiger partial charge in [-0.2, -0.15) is 36.9 Å². The first kappa shape index (κ1) is 39.3. The summed E-state index contributed by atoms with van der Waals surface area (Å²) in [5.74, 6) is 0.312. The minimum atomic E-state index is -4.32. The molecule has 258 valence electrons. The molecule has 1 unspecified atom stereocenters. The Kier molecular flexibility index (Phi) is 14.9. The zero-order valence-electron chi connectivity index (χ0n) is 24.8. The molecule has 0 fully saturated rings. The maximum absolute atomic E-state index is 12.4. The number of ether oxygens (including phenoxy) is 2. The van der Waals surface area contributed by atoms with E-state index in [2.05, 4.69) is 19.9 Å². The SMILES string of the molecule is N#Cc1cccc(Oc2ncc(Cl)cn2)c1S(=O)CCCC(F)(F)F.N#Cc1cccc(Oc2ncc(Cl)cn2)c1SCCCC(F)(F)F. The molecule has 2 aromatic heterocycles. The van der Waals surface area contributed by atoms with Crippen molar-refractivity contribution in [2.24, 2.45) is 0 Å². The molecule has 1 atom stereocenters. The van der Waals surface area contributed by atoms with E-state index in [0.29, 0.717) is 21.2 Å². The first-order valence-electron chi connectivity index (χ1n) is 13.7. The number of benzene rings is 2. The normalized spacial score (nSPS) is 11.8. The van der Waals surface area contributed by atoms with E-state index in [9.17, 15) is 41.1 Å². The Hall–Kier alpha value is -4.16. The van der Waals surface area contributed by atoms with Crippen molar-refractivity contribution < 1.29 is 40.0 Å². The summed E-state index contributed by atoms with van der Waals surface area (Å²) < 4.78 is 96.8. The zero-order chi connectivity index (χ0) is 36.0. The fourth-order valence-electron chi connectivity index (χ4n) is 3.61. The third-order valence-electron chi connectivity index (χ3n) is 5.66. The number of hydrogen-bond acceptors (Lipinski definition) is 10. The minimum Gasteiger partial charge on any atom is -0.423 e. The molecule has 9 nitrogen and oxygen atoms in total. The van der Waals surface area contributed by atoms with Crippen LogP contribution in [0.5, 0.6) is 23.5 Å². The van der Waals surface area contributed by atoms with Crippen LogP contribution >= 0.6 is 35.0 Å². The number of nitriles is 2. The van der Waals surface area contributed by atoms with Gasteiger partial charge in [0.1, 0.15) is 23.6 Å². The topological polar surface area (TPSA) is 135 Å². The second-order valence-electron chi connectivity index (χ2n) is 9.40. The monoisotopic (exact) mass is 762 g/mol. The van der Waals surface area contributed by atoms with Crippen LogP contribution in [0.4, 0.5) is 26.3 Å². The molecule has 0 spiro atoms. The van der Waals surface area contributed by atoms with Crippen molar-refractivity contribution in [1.82, 2.24) is 19.9 Å². The van der Waals surface area contributed by atoms with Gasteiger partial charge in [0.2, 0.25) is 0 Å². The van der Waals surface area contributed by atoms with Gasteiger partial charge < -0.3 is 9.47 Å². The maximum Gasteiger partial charge on any atom is 0.389 e. The highest BCUT2D eigenvalue weighted by atomic mass is 35.5. The summed E-state index contributed by atoms with van der Waals surface area (Å²) in [5.41, 5.74) is 0.371. The number of rotatable bonds is 12. The molecule has 0 bridgehead atoms. The van der Waals surface area contributed by atoms with Gasteiger partial charge in [0.25, 0.3) is 0 Å². The Morgan fingerprint density at radius 3 is 1.71 bits per heavy atom. The van der Waals surface area contributed by atoms with E-state index in [0.717, 1.165) is 11.8 Å². The van der Waals surface area contributed by atoms with Gasteiger partial charge in [0.15, 0.2) is 0 Å². The molecule has 19 heteroatoms. The van der Waals surface area contributed by atoms with Crippen molar-refractivity contribution >= 4 is 45.8 Å². The maximum atomic E-state index is 12.4.